The standard InChI is InChI=1S/C19H20N4O5/c1-12(15-10-20-22(3)13(15)2)21-19(24)18-9-8-14(28-18)11-27-17-7-5-4-6-16(17)23(25)26/h4-10,12H,11H2,1-3H3,(H,21,24). The van der Waals surface area contributed by atoms with Gasteiger partial charge in [-0.25, -0.2) is 0 Å². The molecule has 146 valence electrons. The van der Waals surface area contributed by atoms with E-state index in [0.29, 0.717) is 5.76 Å². The highest BCUT2D eigenvalue weighted by atomic mass is 16.6. The van der Waals surface area contributed by atoms with Crippen molar-refractivity contribution in [3.63, 3.8) is 0 Å². The maximum Gasteiger partial charge on any atom is 0.310 e. The molecule has 1 atom stereocenters. The number of aromatic nitrogens is 2. The molecule has 2 heterocycles. The minimum absolute atomic E-state index is 0.0323. The molecule has 0 aliphatic heterocycles. The number of hydrogen-bond acceptors (Lipinski definition) is 6. The number of furan rings is 1. The fourth-order valence-electron chi connectivity index (χ4n) is 2.74. The van der Waals surface area contributed by atoms with Crippen molar-refractivity contribution in [2.24, 2.45) is 7.05 Å². The molecule has 0 aliphatic rings. The van der Waals surface area contributed by atoms with Gasteiger partial charge in [-0.1, -0.05) is 12.1 Å². The molecule has 3 aromatic rings. The Labute approximate surface area is 161 Å². The lowest BCUT2D eigenvalue weighted by Gasteiger charge is -2.12. The fourth-order valence-corrected chi connectivity index (χ4v) is 2.74. The minimum Gasteiger partial charge on any atom is -0.479 e. The van der Waals surface area contributed by atoms with E-state index in [0.717, 1.165) is 11.3 Å². The lowest BCUT2D eigenvalue weighted by molar-refractivity contribution is -0.386. The maximum absolute atomic E-state index is 12.4. The number of nitrogens with one attached hydrogen (secondary N) is 1. The molecule has 2 aromatic heterocycles. The van der Waals surface area contributed by atoms with Crippen molar-refractivity contribution in [1.82, 2.24) is 15.1 Å². The van der Waals surface area contributed by atoms with Crippen molar-refractivity contribution < 1.29 is 18.9 Å². The van der Waals surface area contributed by atoms with Crippen LogP contribution in [0.2, 0.25) is 0 Å². The zero-order valence-corrected chi connectivity index (χ0v) is 15.7. The molecule has 28 heavy (non-hydrogen) atoms. The van der Waals surface area contributed by atoms with Crippen molar-refractivity contribution in [1.29, 1.82) is 0 Å². The first-order valence-corrected chi connectivity index (χ1v) is 8.61. The largest absolute Gasteiger partial charge is 0.479 e. The molecular formula is C19H20N4O5. The minimum atomic E-state index is -0.516. The number of hydrogen-bond donors (Lipinski definition) is 1. The third-order valence-electron chi connectivity index (χ3n) is 4.40. The molecule has 1 N–H and O–H groups in total. The lowest BCUT2D eigenvalue weighted by atomic mass is 10.1. The van der Waals surface area contributed by atoms with Crippen molar-refractivity contribution in [3.8, 4) is 5.75 Å². The average molecular weight is 384 g/mol. The average Bonchev–Trinajstić information content (AvgIpc) is 3.27. The second kappa shape index (κ2) is 7.95. The van der Waals surface area contributed by atoms with E-state index >= 15 is 0 Å². The normalized spacial score (nSPS) is 11.8. The van der Waals surface area contributed by atoms with Gasteiger partial charge in [-0.15, -0.1) is 0 Å². The van der Waals surface area contributed by atoms with Crippen LogP contribution in [0, 0.1) is 17.0 Å². The van der Waals surface area contributed by atoms with E-state index in [9.17, 15) is 14.9 Å². The Morgan fingerprint density at radius 3 is 2.79 bits per heavy atom. The van der Waals surface area contributed by atoms with Crippen LogP contribution in [-0.2, 0) is 13.7 Å². The first kappa shape index (κ1) is 19.2. The lowest BCUT2D eigenvalue weighted by Crippen LogP contribution is -2.26. The van der Waals surface area contributed by atoms with Crippen molar-refractivity contribution >= 4 is 11.6 Å². The van der Waals surface area contributed by atoms with E-state index in [1.54, 1.807) is 29.1 Å². The number of carbonyl (C=O) groups excluding carboxylic acids is 1. The molecule has 1 aromatic carbocycles. The number of aryl methyl sites for hydroxylation is 1. The second-order valence-electron chi connectivity index (χ2n) is 6.28. The molecule has 3 rings (SSSR count). The summed E-state index contributed by atoms with van der Waals surface area (Å²) in [6.45, 7) is 3.76. The van der Waals surface area contributed by atoms with Gasteiger partial charge in [0.2, 0.25) is 0 Å². The van der Waals surface area contributed by atoms with Crippen LogP contribution in [0.4, 0.5) is 5.69 Å². The van der Waals surface area contributed by atoms with Gasteiger partial charge < -0.3 is 14.5 Å². The summed E-state index contributed by atoms with van der Waals surface area (Å²) in [5.41, 5.74) is 1.75. The van der Waals surface area contributed by atoms with Crippen LogP contribution >= 0.6 is 0 Å². The van der Waals surface area contributed by atoms with E-state index in [-0.39, 0.29) is 35.8 Å². The number of carbonyl (C=O) groups is 1. The smallest absolute Gasteiger partial charge is 0.310 e. The predicted molar refractivity (Wildman–Crippen MR) is 100.0 cm³/mol. The van der Waals surface area contributed by atoms with Crippen LogP contribution < -0.4 is 10.1 Å². The van der Waals surface area contributed by atoms with Crippen LogP contribution in [0.5, 0.6) is 5.75 Å². The van der Waals surface area contributed by atoms with Gasteiger partial charge in [-0.3, -0.25) is 19.6 Å². The van der Waals surface area contributed by atoms with Gasteiger partial charge in [-0.2, -0.15) is 5.10 Å². The zero-order valence-electron chi connectivity index (χ0n) is 15.7. The Kier molecular flexibility index (Phi) is 5.44. The number of benzene rings is 1. The molecule has 0 bridgehead atoms. The van der Waals surface area contributed by atoms with Gasteiger partial charge >= 0.3 is 5.69 Å². The Morgan fingerprint density at radius 1 is 1.36 bits per heavy atom. The van der Waals surface area contributed by atoms with Crippen LogP contribution in [0.15, 0.2) is 47.0 Å². The predicted octanol–water partition coefficient (Wildman–Crippen LogP) is 3.30. The number of rotatable bonds is 7. The number of nitrogens with zero attached hydrogens (tertiary/aromatic N) is 3. The van der Waals surface area contributed by atoms with Gasteiger partial charge in [0.1, 0.15) is 12.4 Å². The fraction of sp³-hybridized carbons (Fsp3) is 0.263. The number of nitro benzene ring substituents is 1. The third-order valence-corrected chi connectivity index (χ3v) is 4.40. The summed E-state index contributed by atoms with van der Waals surface area (Å²) in [5.74, 6) is 0.284. The summed E-state index contributed by atoms with van der Waals surface area (Å²) in [7, 11) is 1.84. The topological polar surface area (TPSA) is 112 Å². The Balaban J connectivity index is 1.63. The molecule has 0 fully saturated rings. The van der Waals surface area contributed by atoms with Crippen LogP contribution in [0.3, 0.4) is 0 Å². The molecular weight excluding hydrogens is 364 g/mol. The Morgan fingerprint density at radius 2 is 2.11 bits per heavy atom. The second-order valence-corrected chi connectivity index (χ2v) is 6.28. The summed E-state index contributed by atoms with van der Waals surface area (Å²) < 4.78 is 12.7. The third kappa shape index (κ3) is 4.03. The molecule has 0 radical (unpaired) electrons. The van der Waals surface area contributed by atoms with E-state index in [1.807, 2.05) is 20.9 Å². The van der Waals surface area contributed by atoms with Crippen molar-refractivity contribution in [2.45, 2.75) is 26.5 Å². The van der Waals surface area contributed by atoms with Gasteiger partial charge in [0.25, 0.3) is 5.91 Å². The van der Waals surface area contributed by atoms with Crippen molar-refractivity contribution in [2.75, 3.05) is 0 Å². The van der Waals surface area contributed by atoms with E-state index in [1.165, 1.54) is 18.2 Å². The molecule has 1 amide bonds. The van der Waals surface area contributed by atoms with Gasteiger partial charge in [0.15, 0.2) is 11.5 Å². The molecule has 0 aliphatic carbocycles. The highest BCUT2D eigenvalue weighted by Crippen LogP contribution is 2.27. The van der Waals surface area contributed by atoms with Crippen LogP contribution in [0.25, 0.3) is 0 Å². The van der Waals surface area contributed by atoms with Gasteiger partial charge in [0, 0.05) is 24.4 Å². The summed E-state index contributed by atoms with van der Waals surface area (Å²) in [6, 6.07) is 8.97. The molecule has 0 spiro atoms. The number of amides is 1. The molecule has 0 saturated carbocycles. The molecule has 1 unspecified atom stereocenters. The summed E-state index contributed by atoms with van der Waals surface area (Å²) in [4.78, 5) is 22.9. The van der Waals surface area contributed by atoms with Crippen LogP contribution in [-0.4, -0.2) is 20.6 Å². The van der Waals surface area contributed by atoms with Crippen molar-refractivity contribution in [3.05, 3.63) is 75.5 Å². The number of para-hydroxylation sites is 2. The van der Waals surface area contributed by atoms with Crippen LogP contribution in [0.1, 0.15) is 40.5 Å². The SMILES string of the molecule is Cc1c(C(C)NC(=O)c2ccc(COc3ccccc3[N+](=O)[O-])o2)cnn1C. The van der Waals surface area contributed by atoms with E-state index < -0.39 is 4.92 Å². The van der Waals surface area contributed by atoms with E-state index in [4.69, 9.17) is 9.15 Å². The maximum atomic E-state index is 12.4. The highest BCUT2D eigenvalue weighted by Gasteiger charge is 2.19. The van der Waals surface area contributed by atoms with E-state index in [2.05, 4.69) is 10.4 Å². The first-order chi connectivity index (χ1) is 13.4. The molecule has 9 heteroatoms. The number of ether oxygens (including phenoxy) is 1. The monoisotopic (exact) mass is 384 g/mol. The highest BCUT2D eigenvalue weighted by molar-refractivity contribution is 5.91. The van der Waals surface area contributed by atoms with Gasteiger partial charge in [0.05, 0.1) is 17.2 Å². The number of nitro groups is 1. The summed E-state index contributed by atoms with van der Waals surface area (Å²) in [5, 5.41) is 18.0. The summed E-state index contributed by atoms with van der Waals surface area (Å²) in [6.07, 6.45) is 1.72. The quantitative estimate of drug-likeness (QED) is 0.494. The van der Waals surface area contributed by atoms with Gasteiger partial charge in [-0.05, 0) is 32.0 Å². The molecule has 9 nitrogen and oxygen atoms in total. The first-order valence-electron chi connectivity index (χ1n) is 8.61. The Bertz CT molecular complexity index is 1010. The Hall–Kier alpha value is -3.62. The zero-order chi connectivity index (χ0) is 20.3. The summed E-state index contributed by atoms with van der Waals surface area (Å²) >= 11 is 0. The molecule has 0 saturated heterocycles.